The van der Waals surface area contributed by atoms with Crippen LogP contribution in [0.3, 0.4) is 0 Å². The largest absolute Gasteiger partial charge is 0.398 e. The fourth-order valence-electron chi connectivity index (χ4n) is 1.56. The maximum atomic E-state index is 12.2. The highest BCUT2D eigenvalue weighted by atomic mass is 35.5. The molecule has 0 spiro atoms. The van der Waals surface area contributed by atoms with Crippen LogP contribution in [0.4, 0.5) is 5.69 Å². The molecule has 0 aromatic heterocycles. The second-order valence-corrected chi connectivity index (χ2v) is 7.52. The van der Waals surface area contributed by atoms with Crippen LogP contribution in [0.1, 0.15) is 18.9 Å². The van der Waals surface area contributed by atoms with Crippen molar-refractivity contribution in [3.05, 3.63) is 22.7 Å². The number of anilines is 1. The molecule has 0 saturated heterocycles. The van der Waals surface area contributed by atoms with Crippen molar-refractivity contribution in [3.63, 3.8) is 0 Å². The van der Waals surface area contributed by atoms with Crippen molar-refractivity contribution in [1.29, 1.82) is 0 Å². The molecule has 0 amide bonds. The fourth-order valence-corrected chi connectivity index (χ4v) is 4.04. The van der Waals surface area contributed by atoms with E-state index in [1.807, 2.05) is 13.2 Å². The van der Waals surface area contributed by atoms with E-state index in [-0.39, 0.29) is 16.0 Å². The molecule has 0 aliphatic carbocycles. The minimum Gasteiger partial charge on any atom is -0.398 e. The zero-order chi connectivity index (χ0) is 14.6. The molecule has 0 bridgehead atoms. The van der Waals surface area contributed by atoms with Crippen LogP contribution >= 0.6 is 23.4 Å². The van der Waals surface area contributed by atoms with Crippen molar-refractivity contribution in [3.8, 4) is 0 Å². The van der Waals surface area contributed by atoms with Gasteiger partial charge in [-0.1, -0.05) is 11.6 Å². The van der Waals surface area contributed by atoms with Gasteiger partial charge in [0.25, 0.3) is 0 Å². The van der Waals surface area contributed by atoms with E-state index in [2.05, 4.69) is 4.72 Å². The highest BCUT2D eigenvalue weighted by molar-refractivity contribution is 7.98. The second kappa shape index (κ2) is 6.83. The molecule has 1 aromatic carbocycles. The van der Waals surface area contributed by atoms with E-state index in [9.17, 15) is 8.42 Å². The summed E-state index contributed by atoms with van der Waals surface area (Å²) in [5.41, 5.74) is 6.92. The topological polar surface area (TPSA) is 72.2 Å². The van der Waals surface area contributed by atoms with Gasteiger partial charge in [0.2, 0.25) is 10.0 Å². The Morgan fingerprint density at radius 3 is 2.68 bits per heavy atom. The molecule has 1 unspecified atom stereocenters. The number of nitrogens with two attached hydrogens (primary N) is 1. The molecule has 0 aliphatic heterocycles. The lowest BCUT2D eigenvalue weighted by Gasteiger charge is -2.15. The van der Waals surface area contributed by atoms with Gasteiger partial charge in [0, 0.05) is 11.7 Å². The Kier molecular flexibility index (Phi) is 5.98. The van der Waals surface area contributed by atoms with Crippen LogP contribution in [0.2, 0.25) is 5.02 Å². The molecule has 1 aromatic rings. The highest BCUT2D eigenvalue weighted by Crippen LogP contribution is 2.26. The van der Waals surface area contributed by atoms with Crippen molar-refractivity contribution in [2.75, 3.05) is 17.7 Å². The number of halogens is 1. The maximum Gasteiger partial charge on any atom is 0.242 e. The number of nitrogen functional groups attached to an aromatic ring is 1. The van der Waals surface area contributed by atoms with Crippen LogP contribution < -0.4 is 10.5 Å². The lowest BCUT2D eigenvalue weighted by molar-refractivity contribution is 0.557. The molecule has 0 saturated carbocycles. The minimum absolute atomic E-state index is 0.0354. The van der Waals surface area contributed by atoms with Gasteiger partial charge in [-0.3, -0.25) is 0 Å². The summed E-state index contributed by atoms with van der Waals surface area (Å²) in [5.74, 6) is 0.896. The number of sulfonamides is 1. The summed E-state index contributed by atoms with van der Waals surface area (Å²) in [4.78, 5) is 0.0354. The van der Waals surface area contributed by atoms with Gasteiger partial charge in [-0.2, -0.15) is 11.8 Å². The number of rotatable bonds is 6. The molecule has 3 N–H and O–H groups in total. The third-order valence-electron chi connectivity index (χ3n) is 2.72. The standard InChI is InChI=1S/C12H19ClN2O2S2/c1-8-6-10(13)12(7-11(8)14)19(16,17)15-9(2)4-5-18-3/h6-7,9,15H,4-5,14H2,1-3H3. The summed E-state index contributed by atoms with van der Waals surface area (Å²) in [6.45, 7) is 3.62. The van der Waals surface area contributed by atoms with Crippen molar-refractivity contribution < 1.29 is 8.42 Å². The molecule has 1 rings (SSSR count). The average molecular weight is 323 g/mol. The van der Waals surface area contributed by atoms with Crippen molar-refractivity contribution in [2.24, 2.45) is 0 Å². The SMILES string of the molecule is CSCCC(C)NS(=O)(=O)c1cc(N)c(C)cc1Cl. The maximum absolute atomic E-state index is 12.2. The third kappa shape index (κ3) is 4.56. The summed E-state index contributed by atoms with van der Waals surface area (Å²) >= 11 is 7.67. The minimum atomic E-state index is -3.63. The van der Waals surface area contributed by atoms with Crippen LogP contribution in [-0.4, -0.2) is 26.5 Å². The highest BCUT2D eigenvalue weighted by Gasteiger charge is 2.21. The Labute approximate surface area is 124 Å². The van der Waals surface area contributed by atoms with E-state index in [1.54, 1.807) is 24.8 Å². The van der Waals surface area contributed by atoms with E-state index in [0.29, 0.717) is 5.69 Å². The summed E-state index contributed by atoms with van der Waals surface area (Å²) < 4.78 is 27.1. The number of hydrogen-bond donors (Lipinski definition) is 2. The van der Waals surface area contributed by atoms with Gasteiger partial charge in [0.15, 0.2) is 0 Å². The Bertz CT molecular complexity index is 547. The third-order valence-corrected chi connectivity index (χ3v) is 5.42. The van der Waals surface area contributed by atoms with E-state index < -0.39 is 10.0 Å². The molecule has 0 radical (unpaired) electrons. The zero-order valence-electron chi connectivity index (χ0n) is 11.2. The number of aryl methyl sites for hydroxylation is 1. The van der Waals surface area contributed by atoms with Gasteiger partial charge in [-0.25, -0.2) is 13.1 Å². The van der Waals surface area contributed by atoms with Crippen LogP contribution in [0.5, 0.6) is 0 Å². The van der Waals surface area contributed by atoms with E-state index in [0.717, 1.165) is 17.7 Å². The predicted molar refractivity (Wildman–Crippen MR) is 83.4 cm³/mol. The van der Waals surface area contributed by atoms with Crippen LogP contribution in [0, 0.1) is 6.92 Å². The molecule has 4 nitrogen and oxygen atoms in total. The molecular formula is C12H19ClN2O2S2. The van der Waals surface area contributed by atoms with Gasteiger partial charge in [0.1, 0.15) is 4.90 Å². The van der Waals surface area contributed by atoms with Gasteiger partial charge >= 0.3 is 0 Å². The van der Waals surface area contributed by atoms with E-state index >= 15 is 0 Å². The first-order valence-corrected chi connectivity index (χ1v) is 9.10. The van der Waals surface area contributed by atoms with Gasteiger partial charge in [-0.15, -0.1) is 0 Å². The average Bonchev–Trinajstić information content (AvgIpc) is 2.30. The molecule has 108 valence electrons. The predicted octanol–water partition coefficient (Wildman–Crippen LogP) is 2.65. The van der Waals surface area contributed by atoms with E-state index in [1.165, 1.54) is 6.07 Å². The summed E-state index contributed by atoms with van der Waals surface area (Å²) in [5, 5.41) is 0.191. The first kappa shape index (κ1) is 16.6. The van der Waals surface area contributed by atoms with Gasteiger partial charge < -0.3 is 5.73 Å². The Morgan fingerprint density at radius 2 is 2.11 bits per heavy atom. The molecule has 1 atom stereocenters. The molecule has 7 heteroatoms. The summed E-state index contributed by atoms with van der Waals surface area (Å²) in [6.07, 6.45) is 2.75. The Hall–Kier alpha value is -0.430. The second-order valence-electron chi connectivity index (χ2n) is 4.44. The van der Waals surface area contributed by atoms with Gasteiger partial charge in [0.05, 0.1) is 5.02 Å². The lowest BCUT2D eigenvalue weighted by Crippen LogP contribution is -2.33. The zero-order valence-corrected chi connectivity index (χ0v) is 13.6. The lowest BCUT2D eigenvalue weighted by atomic mass is 10.2. The summed E-state index contributed by atoms with van der Waals surface area (Å²) in [7, 11) is -3.63. The van der Waals surface area contributed by atoms with Crippen molar-refractivity contribution in [1.82, 2.24) is 4.72 Å². The molecular weight excluding hydrogens is 304 g/mol. The molecule has 0 fully saturated rings. The quantitative estimate of drug-likeness (QED) is 0.790. The smallest absolute Gasteiger partial charge is 0.242 e. The van der Waals surface area contributed by atoms with Gasteiger partial charge in [-0.05, 0) is 50.0 Å². The normalized spacial score (nSPS) is 13.5. The number of thioether (sulfide) groups is 1. The number of hydrogen-bond acceptors (Lipinski definition) is 4. The molecule has 0 aliphatic rings. The van der Waals surface area contributed by atoms with Crippen molar-refractivity contribution in [2.45, 2.75) is 31.2 Å². The Morgan fingerprint density at radius 1 is 1.47 bits per heavy atom. The molecule has 19 heavy (non-hydrogen) atoms. The fraction of sp³-hybridized carbons (Fsp3) is 0.500. The molecule has 0 heterocycles. The monoisotopic (exact) mass is 322 g/mol. The number of nitrogens with one attached hydrogen (secondary N) is 1. The van der Waals surface area contributed by atoms with Crippen LogP contribution in [0.25, 0.3) is 0 Å². The summed E-state index contributed by atoms with van der Waals surface area (Å²) in [6, 6.07) is 2.83. The van der Waals surface area contributed by atoms with Crippen LogP contribution in [-0.2, 0) is 10.0 Å². The van der Waals surface area contributed by atoms with Crippen molar-refractivity contribution >= 4 is 39.1 Å². The first-order chi connectivity index (χ1) is 8.77. The van der Waals surface area contributed by atoms with E-state index in [4.69, 9.17) is 17.3 Å². The first-order valence-electron chi connectivity index (χ1n) is 5.85. The Balaban J connectivity index is 2.98. The van der Waals surface area contributed by atoms with Crippen LogP contribution in [0.15, 0.2) is 17.0 Å². The number of benzene rings is 1.